The van der Waals surface area contributed by atoms with Crippen LogP contribution in [0.25, 0.3) is 0 Å². The third-order valence-electron chi connectivity index (χ3n) is 2.00. The minimum Gasteiger partial charge on any atom is -0.366 e. The van der Waals surface area contributed by atoms with Crippen LogP contribution >= 0.6 is 11.8 Å². The van der Waals surface area contributed by atoms with Gasteiger partial charge in [-0.15, -0.1) is 0 Å². The maximum atomic E-state index is 10.8. The van der Waals surface area contributed by atoms with Crippen molar-refractivity contribution < 1.29 is 4.79 Å². The van der Waals surface area contributed by atoms with Crippen LogP contribution in [0.5, 0.6) is 0 Å². The number of hydrogen-bond donors (Lipinski definition) is 2. The van der Waals surface area contributed by atoms with Crippen LogP contribution in [-0.2, 0) is 5.75 Å². The van der Waals surface area contributed by atoms with E-state index < -0.39 is 0 Å². The molecule has 1 aromatic rings. The molecular formula is C11H16N2OS. The molecule has 0 radical (unpaired) electrons. The normalized spacial score (nSPS) is 10.2. The molecule has 0 saturated heterocycles. The summed E-state index contributed by atoms with van der Waals surface area (Å²) >= 11 is 1.85. The molecule has 3 nitrogen and oxygen atoms in total. The van der Waals surface area contributed by atoms with Gasteiger partial charge in [0.25, 0.3) is 0 Å². The van der Waals surface area contributed by atoms with Gasteiger partial charge in [0, 0.05) is 11.3 Å². The highest BCUT2D eigenvalue weighted by atomic mass is 32.2. The Morgan fingerprint density at radius 1 is 1.27 bits per heavy atom. The summed E-state index contributed by atoms with van der Waals surface area (Å²) in [5.74, 6) is 1.66. The fourth-order valence-corrected chi connectivity index (χ4v) is 2.08. The Hall–Kier alpha value is -1.00. The second-order valence-electron chi connectivity index (χ2n) is 3.26. The SMILES string of the molecule is NCCCSCc1ccc(C(N)=O)cc1. The van der Waals surface area contributed by atoms with Gasteiger partial charge in [0.15, 0.2) is 0 Å². The molecule has 0 aromatic heterocycles. The fourth-order valence-electron chi connectivity index (χ4n) is 1.14. The van der Waals surface area contributed by atoms with Crippen molar-refractivity contribution in [3.8, 4) is 0 Å². The van der Waals surface area contributed by atoms with E-state index in [0.29, 0.717) is 5.56 Å². The Morgan fingerprint density at radius 3 is 2.47 bits per heavy atom. The van der Waals surface area contributed by atoms with E-state index in [1.165, 1.54) is 5.56 Å². The third kappa shape index (κ3) is 4.36. The van der Waals surface area contributed by atoms with Crippen LogP contribution in [0, 0.1) is 0 Å². The van der Waals surface area contributed by atoms with Crippen LogP contribution in [0.3, 0.4) is 0 Å². The zero-order chi connectivity index (χ0) is 11.1. The molecule has 15 heavy (non-hydrogen) atoms. The lowest BCUT2D eigenvalue weighted by Gasteiger charge is -2.02. The molecule has 1 amide bonds. The van der Waals surface area contributed by atoms with Crippen molar-refractivity contribution >= 4 is 17.7 Å². The number of primary amides is 1. The monoisotopic (exact) mass is 224 g/mol. The Balaban J connectivity index is 2.39. The first kappa shape index (κ1) is 12.1. The zero-order valence-electron chi connectivity index (χ0n) is 8.61. The first-order valence-electron chi connectivity index (χ1n) is 4.90. The molecule has 4 heteroatoms. The average molecular weight is 224 g/mol. The molecule has 1 rings (SSSR count). The van der Waals surface area contributed by atoms with E-state index in [4.69, 9.17) is 11.5 Å². The van der Waals surface area contributed by atoms with Crippen LogP contribution in [0.1, 0.15) is 22.3 Å². The standard InChI is InChI=1S/C11H16N2OS/c12-6-1-7-15-8-9-2-4-10(5-3-9)11(13)14/h2-5H,1,6-8,12H2,(H2,13,14). The summed E-state index contributed by atoms with van der Waals surface area (Å²) in [7, 11) is 0. The molecule has 0 aliphatic heterocycles. The van der Waals surface area contributed by atoms with Gasteiger partial charge in [0.05, 0.1) is 0 Å². The van der Waals surface area contributed by atoms with Crippen molar-refractivity contribution in [3.05, 3.63) is 35.4 Å². The smallest absolute Gasteiger partial charge is 0.248 e. The Kier molecular flexibility index (Phi) is 5.21. The second-order valence-corrected chi connectivity index (χ2v) is 4.36. The van der Waals surface area contributed by atoms with Gasteiger partial charge in [-0.3, -0.25) is 4.79 Å². The lowest BCUT2D eigenvalue weighted by Crippen LogP contribution is -2.10. The van der Waals surface area contributed by atoms with E-state index in [2.05, 4.69) is 0 Å². The van der Waals surface area contributed by atoms with E-state index in [1.54, 1.807) is 12.1 Å². The highest BCUT2D eigenvalue weighted by Crippen LogP contribution is 2.13. The molecule has 4 N–H and O–H groups in total. The quantitative estimate of drug-likeness (QED) is 0.717. The van der Waals surface area contributed by atoms with Gasteiger partial charge in [0.2, 0.25) is 5.91 Å². The number of carbonyl (C=O) groups excluding carboxylic acids is 1. The molecule has 0 saturated carbocycles. The van der Waals surface area contributed by atoms with Gasteiger partial charge >= 0.3 is 0 Å². The number of hydrogen-bond acceptors (Lipinski definition) is 3. The van der Waals surface area contributed by atoms with Gasteiger partial charge in [-0.2, -0.15) is 11.8 Å². The number of benzene rings is 1. The van der Waals surface area contributed by atoms with Crippen molar-refractivity contribution in [1.29, 1.82) is 0 Å². The van der Waals surface area contributed by atoms with E-state index in [1.807, 2.05) is 23.9 Å². The summed E-state index contributed by atoms with van der Waals surface area (Å²) in [6.07, 6.45) is 1.05. The van der Waals surface area contributed by atoms with Crippen molar-refractivity contribution in [3.63, 3.8) is 0 Å². The predicted molar refractivity (Wildman–Crippen MR) is 64.8 cm³/mol. The molecule has 0 unspecified atom stereocenters. The van der Waals surface area contributed by atoms with Crippen LogP contribution in [0.15, 0.2) is 24.3 Å². The number of nitrogens with two attached hydrogens (primary N) is 2. The summed E-state index contributed by atoms with van der Waals surface area (Å²) in [5, 5.41) is 0. The second kappa shape index (κ2) is 6.48. The van der Waals surface area contributed by atoms with Crippen molar-refractivity contribution in [2.45, 2.75) is 12.2 Å². The Morgan fingerprint density at radius 2 is 1.93 bits per heavy atom. The number of amides is 1. The summed E-state index contributed by atoms with van der Waals surface area (Å²) < 4.78 is 0. The van der Waals surface area contributed by atoms with E-state index in [-0.39, 0.29) is 5.91 Å². The van der Waals surface area contributed by atoms with Crippen LogP contribution < -0.4 is 11.5 Å². The summed E-state index contributed by atoms with van der Waals surface area (Å²) in [5.41, 5.74) is 12.3. The predicted octanol–water partition coefficient (Wildman–Crippen LogP) is 1.37. The van der Waals surface area contributed by atoms with Gasteiger partial charge in [-0.1, -0.05) is 12.1 Å². The van der Waals surface area contributed by atoms with Crippen LogP contribution in [-0.4, -0.2) is 18.2 Å². The number of thioether (sulfide) groups is 1. The highest BCUT2D eigenvalue weighted by molar-refractivity contribution is 7.98. The molecule has 0 bridgehead atoms. The lowest BCUT2D eigenvalue weighted by molar-refractivity contribution is 0.100. The van der Waals surface area contributed by atoms with Crippen LogP contribution in [0.4, 0.5) is 0 Å². The first-order chi connectivity index (χ1) is 7.24. The van der Waals surface area contributed by atoms with Gasteiger partial charge in [-0.25, -0.2) is 0 Å². The van der Waals surface area contributed by atoms with Gasteiger partial charge in [-0.05, 0) is 36.4 Å². The van der Waals surface area contributed by atoms with E-state index in [0.717, 1.165) is 24.5 Å². The highest BCUT2D eigenvalue weighted by Gasteiger charge is 1.99. The van der Waals surface area contributed by atoms with Crippen molar-refractivity contribution in [2.24, 2.45) is 11.5 Å². The average Bonchev–Trinajstić information content (AvgIpc) is 2.25. The molecule has 0 aliphatic carbocycles. The maximum Gasteiger partial charge on any atom is 0.248 e. The van der Waals surface area contributed by atoms with Gasteiger partial charge in [0.1, 0.15) is 0 Å². The summed E-state index contributed by atoms with van der Waals surface area (Å²) in [4.78, 5) is 10.8. The largest absolute Gasteiger partial charge is 0.366 e. The van der Waals surface area contributed by atoms with E-state index >= 15 is 0 Å². The molecular weight excluding hydrogens is 208 g/mol. The molecule has 0 heterocycles. The van der Waals surface area contributed by atoms with Crippen LogP contribution in [0.2, 0.25) is 0 Å². The Labute approximate surface area is 94.2 Å². The first-order valence-corrected chi connectivity index (χ1v) is 6.06. The molecule has 0 aliphatic rings. The third-order valence-corrected chi connectivity index (χ3v) is 3.11. The zero-order valence-corrected chi connectivity index (χ0v) is 9.43. The van der Waals surface area contributed by atoms with Crippen molar-refractivity contribution in [2.75, 3.05) is 12.3 Å². The minimum absolute atomic E-state index is 0.377. The lowest BCUT2D eigenvalue weighted by atomic mass is 10.1. The minimum atomic E-state index is -0.377. The van der Waals surface area contributed by atoms with E-state index in [9.17, 15) is 4.79 Å². The molecule has 1 aromatic carbocycles. The van der Waals surface area contributed by atoms with Crippen molar-refractivity contribution in [1.82, 2.24) is 0 Å². The number of rotatable bonds is 6. The maximum absolute atomic E-state index is 10.8. The molecule has 0 spiro atoms. The molecule has 82 valence electrons. The fraction of sp³-hybridized carbons (Fsp3) is 0.364. The topological polar surface area (TPSA) is 69.1 Å². The van der Waals surface area contributed by atoms with Gasteiger partial charge < -0.3 is 11.5 Å². The Bertz CT molecular complexity index is 311. The molecule has 0 atom stereocenters. The molecule has 0 fully saturated rings. The summed E-state index contributed by atoms with van der Waals surface area (Å²) in [6, 6.07) is 7.41. The summed E-state index contributed by atoms with van der Waals surface area (Å²) in [6.45, 7) is 0.744. The number of carbonyl (C=O) groups is 1.